The summed E-state index contributed by atoms with van der Waals surface area (Å²) in [6.45, 7) is 0. The molecule has 4 aromatic rings. The van der Waals surface area contributed by atoms with Gasteiger partial charge in [0.25, 0.3) is 0 Å². The molecule has 27 heavy (non-hydrogen) atoms. The minimum atomic E-state index is 0.615. The van der Waals surface area contributed by atoms with Crippen molar-refractivity contribution in [2.24, 2.45) is 0 Å². The highest BCUT2D eigenvalue weighted by molar-refractivity contribution is 7.98. The van der Waals surface area contributed by atoms with Gasteiger partial charge >= 0.3 is 0 Å². The largest absolute Gasteiger partial charge is 0.496 e. The van der Waals surface area contributed by atoms with Crippen molar-refractivity contribution in [1.82, 2.24) is 25.0 Å². The van der Waals surface area contributed by atoms with E-state index in [9.17, 15) is 0 Å². The Bertz CT molecular complexity index is 1050. The van der Waals surface area contributed by atoms with E-state index in [1.807, 2.05) is 53.5 Å². The summed E-state index contributed by atoms with van der Waals surface area (Å²) >= 11 is 7.63. The number of aromatic amines is 1. The first-order chi connectivity index (χ1) is 13.2. The van der Waals surface area contributed by atoms with Crippen LogP contribution in [0.4, 0.5) is 0 Å². The molecule has 0 unspecified atom stereocenters. The van der Waals surface area contributed by atoms with Crippen LogP contribution in [0.15, 0.2) is 66.1 Å². The molecule has 0 saturated heterocycles. The number of methoxy groups -OCH3 is 1. The number of ether oxygens (including phenoxy) is 1. The Morgan fingerprint density at radius 1 is 1.19 bits per heavy atom. The van der Waals surface area contributed by atoms with Crippen molar-refractivity contribution in [2.45, 2.75) is 10.9 Å². The predicted octanol–water partition coefficient (Wildman–Crippen LogP) is 4.61. The molecular formula is C19H16ClN5OS. The normalized spacial score (nSPS) is 10.9. The van der Waals surface area contributed by atoms with E-state index in [-0.39, 0.29) is 0 Å². The number of H-pyrrole nitrogens is 1. The zero-order chi connectivity index (χ0) is 18.6. The molecule has 0 aliphatic rings. The lowest BCUT2D eigenvalue weighted by atomic mass is 10.2. The number of nitrogens with zero attached hydrogens (tertiary/aromatic N) is 4. The fourth-order valence-electron chi connectivity index (χ4n) is 2.60. The molecule has 0 atom stereocenters. The lowest BCUT2D eigenvalue weighted by Crippen LogP contribution is -1.92. The van der Waals surface area contributed by atoms with Gasteiger partial charge < -0.3 is 4.74 Å². The van der Waals surface area contributed by atoms with Gasteiger partial charge in [-0.25, -0.2) is 9.67 Å². The van der Waals surface area contributed by atoms with Crippen molar-refractivity contribution in [3.05, 3.63) is 71.5 Å². The van der Waals surface area contributed by atoms with Gasteiger partial charge in [0.1, 0.15) is 5.75 Å². The summed E-state index contributed by atoms with van der Waals surface area (Å²) in [6, 6.07) is 15.4. The van der Waals surface area contributed by atoms with Crippen molar-refractivity contribution >= 4 is 23.4 Å². The summed E-state index contributed by atoms with van der Waals surface area (Å²) in [6.07, 6.45) is 3.86. The number of rotatable bonds is 6. The molecular weight excluding hydrogens is 382 g/mol. The highest BCUT2D eigenvalue weighted by atomic mass is 35.5. The maximum Gasteiger partial charge on any atom is 0.209 e. The Labute approximate surface area is 165 Å². The first kappa shape index (κ1) is 17.6. The lowest BCUT2D eigenvalue weighted by Gasteiger charge is -2.05. The van der Waals surface area contributed by atoms with Crippen LogP contribution in [0.2, 0.25) is 5.02 Å². The van der Waals surface area contributed by atoms with Gasteiger partial charge in [-0.3, -0.25) is 5.10 Å². The number of benzene rings is 2. The fourth-order valence-corrected chi connectivity index (χ4v) is 3.48. The lowest BCUT2D eigenvalue weighted by molar-refractivity contribution is 0.416. The summed E-state index contributed by atoms with van der Waals surface area (Å²) in [5.74, 6) is 2.03. The molecule has 136 valence electrons. The van der Waals surface area contributed by atoms with Gasteiger partial charge in [-0.05, 0) is 30.3 Å². The van der Waals surface area contributed by atoms with Crippen LogP contribution >= 0.6 is 23.4 Å². The van der Waals surface area contributed by atoms with Crippen molar-refractivity contribution in [3.8, 4) is 22.8 Å². The molecule has 8 heteroatoms. The Balaban J connectivity index is 1.46. The first-order valence-electron chi connectivity index (χ1n) is 8.21. The number of halogens is 1. The van der Waals surface area contributed by atoms with Crippen molar-refractivity contribution in [1.29, 1.82) is 0 Å². The molecule has 0 saturated carbocycles. The SMILES string of the molecule is COc1ccc(Cl)cc1-c1nc(SCc2cnn(-c3ccccc3)c2)n[nH]1. The second kappa shape index (κ2) is 7.85. The molecule has 6 nitrogen and oxygen atoms in total. The minimum Gasteiger partial charge on any atom is -0.496 e. The van der Waals surface area contributed by atoms with Crippen LogP contribution in [0.3, 0.4) is 0 Å². The summed E-state index contributed by atoms with van der Waals surface area (Å²) in [7, 11) is 1.61. The van der Waals surface area contributed by atoms with Gasteiger partial charge in [0, 0.05) is 22.5 Å². The van der Waals surface area contributed by atoms with Crippen LogP contribution in [0.25, 0.3) is 17.1 Å². The minimum absolute atomic E-state index is 0.615. The second-order valence-electron chi connectivity index (χ2n) is 5.73. The van der Waals surface area contributed by atoms with E-state index in [1.54, 1.807) is 19.2 Å². The maximum atomic E-state index is 6.09. The molecule has 0 aliphatic carbocycles. The van der Waals surface area contributed by atoms with Gasteiger partial charge in [0.2, 0.25) is 5.16 Å². The van der Waals surface area contributed by atoms with E-state index in [0.717, 1.165) is 22.6 Å². The molecule has 0 aliphatic heterocycles. The van der Waals surface area contributed by atoms with E-state index in [1.165, 1.54) is 11.8 Å². The van der Waals surface area contributed by atoms with Gasteiger partial charge in [0.05, 0.1) is 24.6 Å². The Hall–Kier alpha value is -2.77. The molecule has 0 radical (unpaired) electrons. The van der Waals surface area contributed by atoms with E-state index in [4.69, 9.17) is 16.3 Å². The highest BCUT2D eigenvalue weighted by Gasteiger charge is 2.12. The molecule has 0 spiro atoms. The van der Waals surface area contributed by atoms with E-state index in [0.29, 0.717) is 21.8 Å². The summed E-state index contributed by atoms with van der Waals surface area (Å²) in [4.78, 5) is 4.54. The Morgan fingerprint density at radius 2 is 2.04 bits per heavy atom. The number of hydrogen-bond acceptors (Lipinski definition) is 5. The third-order valence-electron chi connectivity index (χ3n) is 3.91. The van der Waals surface area contributed by atoms with E-state index < -0.39 is 0 Å². The monoisotopic (exact) mass is 397 g/mol. The van der Waals surface area contributed by atoms with Crippen LogP contribution < -0.4 is 4.74 Å². The molecule has 4 rings (SSSR count). The number of hydrogen-bond donors (Lipinski definition) is 1. The summed E-state index contributed by atoms with van der Waals surface area (Å²) in [5.41, 5.74) is 2.90. The number of thioether (sulfide) groups is 1. The predicted molar refractivity (Wildman–Crippen MR) is 107 cm³/mol. The number of para-hydroxylation sites is 1. The van der Waals surface area contributed by atoms with Crippen molar-refractivity contribution in [2.75, 3.05) is 7.11 Å². The van der Waals surface area contributed by atoms with Gasteiger partial charge in [0.15, 0.2) is 5.82 Å². The maximum absolute atomic E-state index is 6.09. The molecule has 2 aromatic carbocycles. The Morgan fingerprint density at radius 3 is 2.85 bits per heavy atom. The average Bonchev–Trinajstić information content (AvgIpc) is 3.37. The summed E-state index contributed by atoms with van der Waals surface area (Å²) < 4.78 is 7.23. The third-order valence-corrected chi connectivity index (χ3v) is 5.06. The Kier molecular flexibility index (Phi) is 5.13. The van der Waals surface area contributed by atoms with Crippen LogP contribution in [0.5, 0.6) is 5.75 Å². The topological polar surface area (TPSA) is 68.6 Å². The molecule has 0 bridgehead atoms. The standard InChI is InChI=1S/C19H16ClN5OS/c1-26-17-8-7-14(20)9-16(17)18-22-19(24-23-18)27-12-13-10-21-25(11-13)15-5-3-2-4-6-15/h2-11H,12H2,1H3,(H,22,23,24). The smallest absolute Gasteiger partial charge is 0.209 e. The molecule has 1 N–H and O–H groups in total. The van der Waals surface area contributed by atoms with Gasteiger partial charge in [-0.1, -0.05) is 41.6 Å². The van der Waals surface area contributed by atoms with Crippen molar-refractivity contribution in [3.63, 3.8) is 0 Å². The zero-order valence-electron chi connectivity index (χ0n) is 14.5. The third kappa shape index (κ3) is 3.99. The van der Waals surface area contributed by atoms with E-state index in [2.05, 4.69) is 20.3 Å². The van der Waals surface area contributed by atoms with Crippen LogP contribution in [-0.2, 0) is 5.75 Å². The molecule has 0 amide bonds. The quantitative estimate of drug-likeness (QED) is 0.481. The second-order valence-corrected chi connectivity index (χ2v) is 7.11. The number of aromatic nitrogens is 5. The number of nitrogens with one attached hydrogen (secondary N) is 1. The summed E-state index contributed by atoms with van der Waals surface area (Å²) in [5, 5.41) is 12.9. The highest BCUT2D eigenvalue weighted by Crippen LogP contribution is 2.31. The van der Waals surface area contributed by atoms with Crippen molar-refractivity contribution < 1.29 is 4.74 Å². The van der Waals surface area contributed by atoms with Crippen LogP contribution in [0, 0.1) is 0 Å². The van der Waals surface area contributed by atoms with E-state index >= 15 is 0 Å². The molecule has 2 heterocycles. The molecule has 2 aromatic heterocycles. The van der Waals surface area contributed by atoms with Crippen LogP contribution in [0.1, 0.15) is 5.56 Å². The fraction of sp³-hybridized carbons (Fsp3) is 0.105. The molecule has 0 fully saturated rings. The van der Waals surface area contributed by atoms with Gasteiger partial charge in [-0.15, -0.1) is 5.10 Å². The van der Waals surface area contributed by atoms with Gasteiger partial charge in [-0.2, -0.15) is 5.10 Å². The zero-order valence-corrected chi connectivity index (χ0v) is 16.0. The van der Waals surface area contributed by atoms with Crippen LogP contribution in [-0.4, -0.2) is 32.1 Å². The average molecular weight is 398 g/mol. The first-order valence-corrected chi connectivity index (χ1v) is 9.57.